The zero-order valence-corrected chi connectivity index (χ0v) is 16.3. The average molecular weight is 421 g/mol. The number of nitrogens with zero attached hydrogens (tertiary/aromatic N) is 2. The standard InChI is InChI=1S/C17H22F3N3O4S/c1-22(2)8-9-23(12-7-10-28(26,27)11-12)16(25)15(24)21-14-6-4-3-5-13(14)17(18,19)20/h3-6,12H,7-11H2,1-2H3,(H,21,24). The molecule has 1 aromatic rings. The van der Waals surface area contributed by atoms with Crippen molar-refractivity contribution < 1.29 is 31.2 Å². The zero-order valence-electron chi connectivity index (χ0n) is 15.5. The van der Waals surface area contributed by atoms with Crippen LogP contribution in [0.3, 0.4) is 0 Å². The molecule has 1 atom stereocenters. The number of anilines is 1. The van der Waals surface area contributed by atoms with Gasteiger partial charge in [0.05, 0.1) is 22.8 Å². The lowest BCUT2D eigenvalue weighted by Gasteiger charge is -2.29. The third kappa shape index (κ3) is 5.68. The van der Waals surface area contributed by atoms with Crippen LogP contribution < -0.4 is 5.32 Å². The van der Waals surface area contributed by atoms with Crippen molar-refractivity contribution in [3.8, 4) is 0 Å². The maximum absolute atomic E-state index is 13.1. The summed E-state index contributed by atoms with van der Waals surface area (Å²) in [7, 11) is 0.176. The zero-order chi connectivity index (χ0) is 21.1. The summed E-state index contributed by atoms with van der Waals surface area (Å²) in [5.74, 6) is -2.65. The highest BCUT2D eigenvalue weighted by atomic mass is 32.2. The predicted molar refractivity (Wildman–Crippen MR) is 97.4 cm³/mol. The highest BCUT2D eigenvalue weighted by Crippen LogP contribution is 2.34. The molecular formula is C17H22F3N3O4S. The van der Waals surface area contributed by atoms with E-state index in [1.807, 2.05) is 5.32 Å². The lowest BCUT2D eigenvalue weighted by Crippen LogP contribution is -2.49. The molecule has 0 aliphatic carbocycles. The molecule has 156 valence electrons. The summed E-state index contributed by atoms with van der Waals surface area (Å²) in [6, 6.07) is 3.66. The Morgan fingerprint density at radius 2 is 1.82 bits per heavy atom. The fourth-order valence-electron chi connectivity index (χ4n) is 2.92. The first-order valence-electron chi connectivity index (χ1n) is 8.54. The second-order valence-corrected chi connectivity index (χ2v) is 9.08. The van der Waals surface area contributed by atoms with Gasteiger partial charge in [0.15, 0.2) is 9.84 Å². The molecule has 0 spiro atoms. The number of benzene rings is 1. The number of carbonyl (C=O) groups excluding carboxylic acids is 2. The molecular weight excluding hydrogens is 399 g/mol. The van der Waals surface area contributed by atoms with Gasteiger partial charge in [0.2, 0.25) is 0 Å². The molecule has 2 rings (SSSR count). The molecule has 28 heavy (non-hydrogen) atoms. The van der Waals surface area contributed by atoms with Crippen LogP contribution in [0, 0.1) is 0 Å². The Kier molecular flexibility index (Phi) is 6.71. The Labute approximate surface area is 161 Å². The summed E-state index contributed by atoms with van der Waals surface area (Å²) >= 11 is 0. The quantitative estimate of drug-likeness (QED) is 0.723. The summed E-state index contributed by atoms with van der Waals surface area (Å²) < 4.78 is 62.7. The van der Waals surface area contributed by atoms with Gasteiger partial charge in [0.1, 0.15) is 0 Å². The van der Waals surface area contributed by atoms with Gasteiger partial charge >= 0.3 is 18.0 Å². The van der Waals surface area contributed by atoms with E-state index in [1.165, 1.54) is 12.1 Å². The molecule has 1 aliphatic heterocycles. The molecule has 0 aromatic heterocycles. The molecule has 2 amide bonds. The molecule has 1 heterocycles. The largest absolute Gasteiger partial charge is 0.418 e. The van der Waals surface area contributed by atoms with E-state index >= 15 is 0 Å². The Balaban J connectivity index is 2.21. The van der Waals surface area contributed by atoms with Crippen LogP contribution in [-0.2, 0) is 25.6 Å². The number of likely N-dealkylation sites (N-methyl/N-ethyl adjacent to an activating group) is 1. The summed E-state index contributed by atoms with van der Waals surface area (Å²) in [5, 5.41) is 2.02. The maximum Gasteiger partial charge on any atom is 0.418 e. The van der Waals surface area contributed by atoms with Gasteiger partial charge in [-0.2, -0.15) is 13.2 Å². The van der Waals surface area contributed by atoms with Crippen molar-refractivity contribution >= 4 is 27.3 Å². The minimum atomic E-state index is -4.70. The van der Waals surface area contributed by atoms with Crippen molar-refractivity contribution in [2.45, 2.75) is 18.6 Å². The van der Waals surface area contributed by atoms with E-state index in [4.69, 9.17) is 0 Å². The molecule has 1 fully saturated rings. The van der Waals surface area contributed by atoms with Crippen molar-refractivity contribution in [3.63, 3.8) is 0 Å². The molecule has 1 saturated heterocycles. The van der Waals surface area contributed by atoms with Gasteiger partial charge in [0, 0.05) is 19.1 Å². The number of carbonyl (C=O) groups is 2. The first kappa shape index (κ1) is 22.2. The van der Waals surface area contributed by atoms with Crippen LogP contribution in [0.15, 0.2) is 24.3 Å². The van der Waals surface area contributed by atoms with Crippen LogP contribution in [0.2, 0.25) is 0 Å². The van der Waals surface area contributed by atoms with E-state index in [1.54, 1.807) is 19.0 Å². The van der Waals surface area contributed by atoms with Crippen LogP contribution in [0.1, 0.15) is 12.0 Å². The Morgan fingerprint density at radius 3 is 2.36 bits per heavy atom. The van der Waals surface area contributed by atoms with Gasteiger partial charge in [-0.05, 0) is 32.6 Å². The molecule has 1 N–H and O–H groups in total. The lowest BCUT2D eigenvalue weighted by molar-refractivity contribution is -0.144. The van der Waals surface area contributed by atoms with Gasteiger partial charge < -0.3 is 15.1 Å². The van der Waals surface area contributed by atoms with Crippen molar-refractivity contribution in [3.05, 3.63) is 29.8 Å². The second-order valence-electron chi connectivity index (χ2n) is 6.86. The van der Waals surface area contributed by atoms with Crippen molar-refractivity contribution in [1.82, 2.24) is 9.80 Å². The number of para-hydroxylation sites is 1. The van der Waals surface area contributed by atoms with Gasteiger partial charge in [-0.1, -0.05) is 12.1 Å². The predicted octanol–water partition coefficient (Wildman–Crippen LogP) is 1.22. The van der Waals surface area contributed by atoms with Gasteiger partial charge in [0.25, 0.3) is 0 Å². The molecule has 1 aromatic carbocycles. The van der Waals surface area contributed by atoms with Gasteiger partial charge in [-0.25, -0.2) is 8.42 Å². The Hall–Kier alpha value is -2.14. The third-order valence-electron chi connectivity index (χ3n) is 4.37. The molecule has 11 heteroatoms. The number of halogens is 3. The van der Waals surface area contributed by atoms with E-state index in [9.17, 15) is 31.2 Å². The fourth-order valence-corrected chi connectivity index (χ4v) is 4.66. The minimum Gasteiger partial charge on any atom is -0.329 e. The number of sulfone groups is 1. The minimum absolute atomic E-state index is 0.0837. The topological polar surface area (TPSA) is 86.8 Å². The first-order valence-corrected chi connectivity index (χ1v) is 10.4. The summed E-state index contributed by atoms with van der Waals surface area (Å²) in [4.78, 5) is 27.9. The van der Waals surface area contributed by atoms with Crippen LogP contribution in [0.25, 0.3) is 0 Å². The number of amides is 2. The molecule has 1 unspecified atom stereocenters. The van der Waals surface area contributed by atoms with E-state index in [0.29, 0.717) is 6.54 Å². The molecule has 0 radical (unpaired) electrons. The van der Waals surface area contributed by atoms with Gasteiger partial charge in [-0.3, -0.25) is 9.59 Å². The smallest absolute Gasteiger partial charge is 0.329 e. The lowest BCUT2D eigenvalue weighted by atomic mass is 10.1. The Morgan fingerprint density at radius 1 is 1.18 bits per heavy atom. The second kappa shape index (κ2) is 8.48. The number of nitrogens with one attached hydrogen (secondary N) is 1. The summed E-state index contributed by atoms with van der Waals surface area (Å²) in [6.07, 6.45) is -4.51. The van der Waals surface area contributed by atoms with Crippen LogP contribution >= 0.6 is 0 Å². The van der Waals surface area contributed by atoms with E-state index < -0.39 is 45.1 Å². The first-order chi connectivity index (χ1) is 12.9. The number of alkyl halides is 3. The highest BCUT2D eigenvalue weighted by Gasteiger charge is 2.38. The number of rotatable bonds is 5. The normalized spacial score (nSPS) is 18.9. The van der Waals surface area contributed by atoms with E-state index in [-0.39, 0.29) is 24.5 Å². The number of hydrogen-bond acceptors (Lipinski definition) is 5. The summed E-state index contributed by atoms with van der Waals surface area (Å²) in [6.45, 7) is 0.453. The van der Waals surface area contributed by atoms with Crippen LogP contribution in [0.5, 0.6) is 0 Å². The number of hydrogen-bond donors (Lipinski definition) is 1. The van der Waals surface area contributed by atoms with Crippen LogP contribution in [0.4, 0.5) is 18.9 Å². The molecule has 7 nitrogen and oxygen atoms in total. The van der Waals surface area contributed by atoms with E-state index in [0.717, 1.165) is 17.0 Å². The van der Waals surface area contributed by atoms with Crippen molar-refractivity contribution in [2.24, 2.45) is 0 Å². The van der Waals surface area contributed by atoms with Crippen molar-refractivity contribution in [2.75, 3.05) is 44.0 Å². The van der Waals surface area contributed by atoms with Gasteiger partial charge in [-0.15, -0.1) is 0 Å². The average Bonchev–Trinajstić information content (AvgIpc) is 2.93. The molecule has 1 aliphatic rings. The van der Waals surface area contributed by atoms with Crippen LogP contribution in [-0.4, -0.2) is 74.8 Å². The molecule has 0 bridgehead atoms. The SMILES string of the molecule is CN(C)CCN(C(=O)C(=O)Nc1ccccc1C(F)(F)F)C1CCS(=O)(=O)C1. The maximum atomic E-state index is 13.1. The Bertz CT molecular complexity index is 840. The third-order valence-corrected chi connectivity index (χ3v) is 6.12. The fraction of sp³-hybridized carbons (Fsp3) is 0.529. The highest BCUT2D eigenvalue weighted by molar-refractivity contribution is 7.91. The van der Waals surface area contributed by atoms with Crippen molar-refractivity contribution in [1.29, 1.82) is 0 Å². The monoisotopic (exact) mass is 421 g/mol. The summed E-state index contributed by atoms with van der Waals surface area (Å²) in [5.41, 5.74) is -1.60. The van der Waals surface area contributed by atoms with E-state index in [2.05, 4.69) is 0 Å². The molecule has 0 saturated carbocycles.